The summed E-state index contributed by atoms with van der Waals surface area (Å²) in [6.07, 6.45) is 2.17. The molecule has 2 aromatic rings. The Kier molecular flexibility index (Phi) is 3.96. The normalized spacial score (nSPS) is 11.6. The summed E-state index contributed by atoms with van der Waals surface area (Å²) in [5, 5.41) is 0. The number of hydrogen-bond acceptors (Lipinski definition) is 3. The van der Waals surface area contributed by atoms with Crippen LogP contribution in [0.2, 0.25) is 0 Å². The maximum absolute atomic E-state index is 13.8. The van der Waals surface area contributed by atoms with E-state index in [9.17, 15) is 4.39 Å². The summed E-state index contributed by atoms with van der Waals surface area (Å²) in [4.78, 5) is 8.56. The molecule has 5 heteroatoms. The van der Waals surface area contributed by atoms with E-state index >= 15 is 0 Å². The van der Waals surface area contributed by atoms with Crippen LogP contribution in [0.4, 0.5) is 4.39 Å². The standard InChI is InChI=1S/C14H15BrFN3/c1-14(2,17)8-13-18-6-5-12(19-13)10-7-9(15)3-4-11(10)16/h3-7H,8,17H2,1-2H3. The van der Waals surface area contributed by atoms with Crippen molar-refractivity contribution in [2.45, 2.75) is 25.8 Å². The van der Waals surface area contributed by atoms with Crippen molar-refractivity contribution < 1.29 is 4.39 Å². The van der Waals surface area contributed by atoms with Crippen LogP contribution in [0.3, 0.4) is 0 Å². The van der Waals surface area contributed by atoms with Gasteiger partial charge in [-0.25, -0.2) is 14.4 Å². The summed E-state index contributed by atoms with van der Waals surface area (Å²) in [6.45, 7) is 3.81. The van der Waals surface area contributed by atoms with Crippen molar-refractivity contribution in [3.05, 3.63) is 46.6 Å². The Balaban J connectivity index is 2.40. The van der Waals surface area contributed by atoms with Crippen LogP contribution in [0.5, 0.6) is 0 Å². The molecule has 0 fully saturated rings. The quantitative estimate of drug-likeness (QED) is 0.942. The third-order valence-electron chi connectivity index (χ3n) is 2.52. The summed E-state index contributed by atoms with van der Waals surface area (Å²) in [7, 11) is 0. The number of hydrogen-bond donors (Lipinski definition) is 1. The second-order valence-electron chi connectivity index (χ2n) is 5.15. The minimum atomic E-state index is -0.394. The van der Waals surface area contributed by atoms with E-state index in [1.165, 1.54) is 6.07 Å². The molecule has 0 atom stereocenters. The van der Waals surface area contributed by atoms with Gasteiger partial charge in [0.15, 0.2) is 0 Å². The molecule has 2 rings (SSSR count). The lowest BCUT2D eigenvalue weighted by Crippen LogP contribution is -2.35. The minimum Gasteiger partial charge on any atom is -0.325 e. The van der Waals surface area contributed by atoms with Crippen LogP contribution in [0.25, 0.3) is 11.3 Å². The van der Waals surface area contributed by atoms with Crippen LogP contribution in [0.15, 0.2) is 34.9 Å². The maximum atomic E-state index is 13.8. The summed E-state index contributed by atoms with van der Waals surface area (Å²) >= 11 is 3.33. The first kappa shape index (κ1) is 14.1. The monoisotopic (exact) mass is 323 g/mol. The number of rotatable bonds is 3. The van der Waals surface area contributed by atoms with E-state index in [1.54, 1.807) is 24.4 Å². The van der Waals surface area contributed by atoms with Crippen LogP contribution >= 0.6 is 15.9 Å². The Labute approximate surface area is 120 Å². The van der Waals surface area contributed by atoms with Gasteiger partial charge in [0.2, 0.25) is 0 Å². The van der Waals surface area contributed by atoms with Crippen LogP contribution < -0.4 is 5.73 Å². The molecule has 0 saturated carbocycles. The number of benzene rings is 1. The first-order valence-corrected chi connectivity index (χ1v) is 6.71. The van der Waals surface area contributed by atoms with Gasteiger partial charge in [0, 0.05) is 28.2 Å². The minimum absolute atomic E-state index is 0.306. The van der Waals surface area contributed by atoms with E-state index in [0.29, 0.717) is 23.5 Å². The fourth-order valence-corrected chi connectivity index (χ4v) is 2.10. The van der Waals surface area contributed by atoms with Crippen molar-refractivity contribution in [1.29, 1.82) is 0 Å². The first-order chi connectivity index (χ1) is 8.85. The van der Waals surface area contributed by atoms with Crippen molar-refractivity contribution in [3.8, 4) is 11.3 Å². The van der Waals surface area contributed by atoms with E-state index < -0.39 is 5.54 Å². The Hall–Kier alpha value is -1.33. The summed E-state index contributed by atoms with van der Waals surface area (Å²) < 4.78 is 14.6. The zero-order valence-corrected chi connectivity index (χ0v) is 12.4. The molecule has 0 unspecified atom stereocenters. The molecule has 0 saturated heterocycles. The summed E-state index contributed by atoms with van der Waals surface area (Å²) in [5.41, 5.74) is 6.57. The second kappa shape index (κ2) is 5.35. The molecule has 0 radical (unpaired) electrons. The van der Waals surface area contributed by atoms with Gasteiger partial charge < -0.3 is 5.73 Å². The molecular weight excluding hydrogens is 309 g/mol. The van der Waals surface area contributed by atoms with Gasteiger partial charge in [0.05, 0.1) is 5.69 Å². The van der Waals surface area contributed by atoms with Gasteiger partial charge in [-0.3, -0.25) is 0 Å². The van der Waals surface area contributed by atoms with E-state index in [4.69, 9.17) is 5.73 Å². The van der Waals surface area contributed by atoms with Crippen LogP contribution in [-0.2, 0) is 6.42 Å². The molecule has 0 aliphatic heterocycles. The van der Waals surface area contributed by atoms with Gasteiger partial charge >= 0.3 is 0 Å². The first-order valence-electron chi connectivity index (χ1n) is 5.91. The molecule has 1 aromatic heterocycles. The topological polar surface area (TPSA) is 51.8 Å². The molecule has 0 amide bonds. The van der Waals surface area contributed by atoms with E-state index in [-0.39, 0.29) is 5.82 Å². The number of aromatic nitrogens is 2. The lowest BCUT2D eigenvalue weighted by atomic mass is 10.0. The third kappa shape index (κ3) is 3.81. The highest BCUT2D eigenvalue weighted by Crippen LogP contribution is 2.24. The van der Waals surface area contributed by atoms with Crippen LogP contribution in [0.1, 0.15) is 19.7 Å². The summed E-state index contributed by atoms with van der Waals surface area (Å²) in [5.74, 6) is 0.309. The SMILES string of the molecule is CC(C)(N)Cc1nccc(-c2cc(Br)ccc2F)n1. The summed E-state index contributed by atoms with van der Waals surface area (Å²) in [6, 6.07) is 6.46. The number of nitrogens with two attached hydrogens (primary N) is 1. The molecule has 0 spiro atoms. The van der Waals surface area contributed by atoms with E-state index in [0.717, 1.165) is 4.47 Å². The van der Waals surface area contributed by atoms with Gasteiger partial charge in [0.25, 0.3) is 0 Å². The molecular formula is C14H15BrFN3. The molecule has 0 aliphatic rings. The van der Waals surface area contributed by atoms with Crippen molar-refractivity contribution in [2.75, 3.05) is 0 Å². The third-order valence-corrected chi connectivity index (χ3v) is 3.02. The average Bonchev–Trinajstić information content (AvgIpc) is 2.30. The van der Waals surface area contributed by atoms with Crippen molar-refractivity contribution in [3.63, 3.8) is 0 Å². The molecule has 0 aliphatic carbocycles. The highest BCUT2D eigenvalue weighted by Gasteiger charge is 2.15. The Morgan fingerprint density at radius 1 is 1.32 bits per heavy atom. The van der Waals surface area contributed by atoms with Crippen molar-refractivity contribution in [2.24, 2.45) is 5.73 Å². The Morgan fingerprint density at radius 3 is 2.74 bits per heavy atom. The lowest BCUT2D eigenvalue weighted by Gasteiger charge is -2.17. The largest absolute Gasteiger partial charge is 0.325 e. The maximum Gasteiger partial charge on any atom is 0.132 e. The fourth-order valence-electron chi connectivity index (χ4n) is 1.74. The van der Waals surface area contributed by atoms with E-state index in [1.807, 2.05) is 13.8 Å². The molecule has 3 nitrogen and oxygen atoms in total. The fraction of sp³-hybridized carbons (Fsp3) is 0.286. The zero-order valence-electron chi connectivity index (χ0n) is 10.8. The van der Waals surface area contributed by atoms with Gasteiger partial charge in [-0.05, 0) is 38.1 Å². The average molecular weight is 324 g/mol. The van der Waals surface area contributed by atoms with E-state index in [2.05, 4.69) is 25.9 Å². The molecule has 2 N–H and O–H groups in total. The lowest BCUT2D eigenvalue weighted by molar-refractivity contribution is 0.502. The van der Waals surface area contributed by atoms with Crippen LogP contribution in [-0.4, -0.2) is 15.5 Å². The zero-order chi connectivity index (χ0) is 14.0. The van der Waals surface area contributed by atoms with Crippen molar-refractivity contribution >= 4 is 15.9 Å². The highest BCUT2D eigenvalue weighted by atomic mass is 79.9. The highest BCUT2D eigenvalue weighted by molar-refractivity contribution is 9.10. The smallest absolute Gasteiger partial charge is 0.132 e. The molecule has 1 aromatic carbocycles. The number of halogens is 2. The van der Waals surface area contributed by atoms with Gasteiger partial charge in [-0.1, -0.05) is 15.9 Å². The Bertz CT molecular complexity index is 593. The van der Waals surface area contributed by atoms with Crippen LogP contribution in [0, 0.1) is 5.82 Å². The second-order valence-corrected chi connectivity index (χ2v) is 6.06. The molecule has 0 bridgehead atoms. The van der Waals surface area contributed by atoms with Gasteiger partial charge in [-0.2, -0.15) is 0 Å². The number of nitrogens with zero attached hydrogens (tertiary/aromatic N) is 2. The predicted octanol–water partition coefficient (Wildman–Crippen LogP) is 3.33. The van der Waals surface area contributed by atoms with Crippen molar-refractivity contribution in [1.82, 2.24) is 9.97 Å². The predicted molar refractivity (Wildman–Crippen MR) is 77.1 cm³/mol. The molecule has 100 valence electrons. The Morgan fingerprint density at radius 2 is 2.05 bits per heavy atom. The molecule has 1 heterocycles. The molecule has 19 heavy (non-hydrogen) atoms. The van der Waals surface area contributed by atoms with Gasteiger partial charge in [0.1, 0.15) is 11.6 Å². The van der Waals surface area contributed by atoms with Gasteiger partial charge in [-0.15, -0.1) is 0 Å².